The van der Waals surface area contributed by atoms with E-state index in [-0.39, 0.29) is 23.3 Å². The van der Waals surface area contributed by atoms with Crippen LogP contribution in [0.5, 0.6) is 0 Å². The predicted molar refractivity (Wildman–Crippen MR) is 187 cm³/mol. The predicted octanol–water partition coefficient (Wildman–Crippen LogP) is -3.66. The van der Waals surface area contributed by atoms with Gasteiger partial charge < -0.3 is 88.2 Å². The molecule has 3 saturated heterocycles. The van der Waals surface area contributed by atoms with Gasteiger partial charge in [0.25, 0.3) is 0 Å². The highest BCUT2D eigenvalue weighted by Crippen LogP contribution is 2.50. The van der Waals surface area contributed by atoms with Gasteiger partial charge in [-0.05, 0) is 35.2 Å². The maximum Gasteiger partial charge on any atom is 0.367 e. The van der Waals surface area contributed by atoms with Crippen LogP contribution in [0.1, 0.15) is 6.92 Å². The summed E-state index contributed by atoms with van der Waals surface area (Å²) in [5, 5.41) is 84.2. The first-order chi connectivity index (χ1) is 28.2. The number of carbonyl (C=O) groups is 4. The molecular weight excluding hydrogens is 816 g/mol. The van der Waals surface area contributed by atoms with Crippen molar-refractivity contribution in [2.24, 2.45) is 23.7 Å². The quantitative estimate of drug-likeness (QED) is 0.0533. The molecule has 0 bridgehead atoms. The Morgan fingerprint density at radius 3 is 1.95 bits per heavy atom. The van der Waals surface area contributed by atoms with Crippen molar-refractivity contribution in [1.29, 1.82) is 0 Å². The van der Waals surface area contributed by atoms with E-state index in [0.29, 0.717) is 5.57 Å². The van der Waals surface area contributed by atoms with E-state index in [0.717, 1.165) is 31.2 Å². The van der Waals surface area contributed by atoms with Crippen molar-refractivity contribution in [2.75, 3.05) is 32.7 Å². The lowest BCUT2D eigenvalue weighted by Crippen LogP contribution is -2.61. The largest absolute Gasteiger partial charge is 0.471 e. The molecule has 5 aliphatic heterocycles. The van der Waals surface area contributed by atoms with Crippen LogP contribution in [-0.2, 0) is 61.8 Å². The molecule has 23 heteroatoms. The summed E-state index contributed by atoms with van der Waals surface area (Å²) in [6, 6.07) is 0. The average Bonchev–Trinajstić information content (AvgIpc) is 3.86. The summed E-state index contributed by atoms with van der Waals surface area (Å²) in [5.41, 5.74) is 0.502. The molecule has 0 aromatic rings. The van der Waals surface area contributed by atoms with Crippen LogP contribution >= 0.6 is 11.8 Å². The highest BCUT2D eigenvalue weighted by molar-refractivity contribution is 8.12. The van der Waals surface area contributed by atoms with E-state index in [4.69, 9.17) is 47.4 Å². The molecule has 3 fully saturated rings. The SMILES string of the molecule is CSC(=O)OCC1=C[C@@H]2OC(=O)C3=CO[C@@H](O[C@@H]4O[C@H](CO)[C@@H](O)[C@H](OC(=O)C5=CO[C@@H](O[C@@H]6O[C@H](CO)[C@@H](O)[C@H](O)[C@H]6O)[C@@H]6C(COC(C)=O)=C[C@H](O)[C@H]56)[C@H]4O)[C@H]1[C@@H]32. The second kappa shape index (κ2) is 17.7. The van der Waals surface area contributed by atoms with Gasteiger partial charge in [0.1, 0.15) is 62.0 Å². The molecule has 59 heavy (non-hydrogen) atoms. The van der Waals surface area contributed by atoms with Gasteiger partial charge in [0.2, 0.25) is 12.6 Å². The molecule has 5 heterocycles. The number of aliphatic hydroxyl groups is 8. The van der Waals surface area contributed by atoms with Crippen LogP contribution < -0.4 is 0 Å². The van der Waals surface area contributed by atoms with Crippen LogP contribution in [0.2, 0.25) is 0 Å². The lowest BCUT2D eigenvalue weighted by molar-refractivity contribution is -0.341. The zero-order valence-electron chi connectivity index (χ0n) is 31.2. The van der Waals surface area contributed by atoms with Gasteiger partial charge in [0.15, 0.2) is 18.7 Å². The second-order valence-electron chi connectivity index (χ2n) is 14.7. The fourth-order valence-corrected chi connectivity index (χ4v) is 8.47. The van der Waals surface area contributed by atoms with Crippen LogP contribution in [0.15, 0.2) is 47.0 Å². The Morgan fingerprint density at radius 1 is 0.712 bits per heavy atom. The summed E-state index contributed by atoms with van der Waals surface area (Å²) >= 11 is 0.837. The van der Waals surface area contributed by atoms with E-state index in [2.05, 4.69) is 0 Å². The Balaban J connectivity index is 1.10. The minimum Gasteiger partial charge on any atom is -0.471 e. The number of aliphatic hydroxyl groups excluding tert-OH is 8. The summed E-state index contributed by atoms with van der Waals surface area (Å²) in [7, 11) is 0. The third-order valence-electron chi connectivity index (χ3n) is 11.2. The Kier molecular flexibility index (Phi) is 13.0. The Hall–Kier alpha value is -3.69. The molecule has 0 aromatic carbocycles. The third kappa shape index (κ3) is 8.24. The first-order valence-corrected chi connectivity index (χ1v) is 19.7. The average molecular weight is 861 g/mol. The van der Waals surface area contributed by atoms with Gasteiger partial charge in [-0.25, -0.2) is 14.4 Å². The molecule has 0 saturated carbocycles. The standard InChI is InChI=1S/C36H44O22S/c1-11(39)49-7-12-3-16(40)22-14(9-50-32(20(12)22)57-34-27(44)26(43)24(41)18(5-37)54-34)31(47)56-29-25(42)19(6-38)55-35(28(29)45)58-33-21-13(8-52-36(48)59-2)4-17-23(21)15(10-51-33)30(46)53-17/h3-4,9-10,16-29,32-35,37-38,40-45H,5-8H2,1-2H3/t16-,17-,18+,19+,20+,21+,22-,23-,24+,25+,26-,27+,28+,29-,32-,33-,34-,35-/m0/s1. The van der Waals surface area contributed by atoms with E-state index in [1.807, 2.05) is 0 Å². The van der Waals surface area contributed by atoms with Gasteiger partial charge in [-0.1, -0.05) is 6.08 Å². The van der Waals surface area contributed by atoms with E-state index >= 15 is 0 Å². The summed E-state index contributed by atoms with van der Waals surface area (Å²) in [6.45, 7) is -1.11. The zero-order chi connectivity index (χ0) is 42.4. The molecule has 326 valence electrons. The number of thioether (sulfide) groups is 1. The lowest BCUT2D eigenvalue weighted by Gasteiger charge is -2.44. The van der Waals surface area contributed by atoms with Crippen molar-refractivity contribution in [1.82, 2.24) is 0 Å². The first kappa shape index (κ1) is 43.4. The van der Waals surface area contributed by atoms with Crippen molar-refractivity contribution in [2.45, 2.75) is 93.1 Å². The molecule has 18 atom stereocenters. The molecule has 0 amide bonds. The monoisotopic (exact) mass is 860 g/mol. The Labute approximate surface area is 338 Å². The number of ether oxygens (including phenoxy) is 10. The second-order valence-corrected chi connectivity index (χ2v) is 15.4. The molecule has 2 aliphatic carbocycles. The number of carbonyl (C=O) groups excluding carboxylic acids is 4. The van der Waals surface area contributed by atoms with Crippen molar-refractivity contribution in [3.63, 3.8) is 0 Å². The fourth-order valence-electron chi connectivity index (χ4n) is 8.30. The van der Waals surface area contributed by atoms with E-state index < -0.39 is 153 Å². The molecule has 8 N–H and O–H groups in total. The van der Waals surface area contributed by atoms with Crippen molar-refractivity contribution in [3.8, 4) is 0 Å². The maximum atomic E-state index is 14.0. The lowest BCUT2D eigenvalue weighted by atomic mass is 9.82. The number of rotatable bonds is 12. The van der Waals surface area contributed by atoms with Gasteiger partial charge in [0, 0.05) is 18.8 Å². The molecular formula is C36H44O22S. The maximum absolute atomic E-state index is 14.0. The minimum absolute atomic E-state index is 0.190. The van der Waals surface area contributed by atoms with Gasteiger partial charge in [-0.15, -0.1) is 0 Å². The topological polar surface area (TPSA) is 322 Å². The normalized spacial score (nSPS) is 42.1. The molecule has 7 rings (SSSR count). The summed E-state index contributed by atoms with van der Waals surface area (Å²) in [6.07, 6.45) is -16.1. The first-order valence-electron chi connectivity index (χ1n) is 18.5. The van der Waals surface area contributed by atoms with E-state index in [9.17, 15) is 60.0 Å². The van der Waals surface area contributed by atoms with Gasteiger partial charge in [-0.3, -0.25) is 4.79 Å². The number of hydrogen-bond donors (Lipinski definition) is 8. The summed E-state index contributed by atoms with van der Waals surface area (Å²) in [5.74, 6) is -6.42. The number of hydrogen-bond acceptors (Lipinski definition) is 23. The molecule has 0 spiro atoms. The van der Waals surface area contributed by atoms with E-state index in [1.54, 1.807) is 6.08 Å². The van der Waals surface area contributed by atoms with Gasteiger partial charge in [0.05, 0.1) is 54.8 Å². The van der Waals surface area contributed by atoms with Crippen LogP contribution in [-0.4, -0.2) is 183 Å². The van der Waals surface area contributed by atoms with Crippen molar-refractivity contribution < 1.29 is 107 Å². The Bertz CT molecular complexity index is 1760. The summed E-state index contributed by atoms with van der Waals surface area (Å²) in [4.78, 5) is 50.2. The molecule has 0 radical (unpaired) electrons. The van der Waals surface area contributed by atoms with Gasteiger partial charge >= 0.3 is 23.2 Å². The molecule has 22 nitrogen and oxygen atoms in total. The number of fused-ring (bicyclic) bond motifs is 1. The van der Waals surface area contributed by atoms with Crippen LogP contribution in [0.4, 0.5) is 4.79 Å². The Morgan fingerprint density at radius 2 is 1.31 bits per heavy atom. The molecule has 7 aliphatic rings. The third-order valence-corrected chi connectivity index (χ3v) is 11.7. The highest BCUT2D eigenvalue weighted by Gasteiger charge is 2.58. The van der Waals surface area contributed by atoms with Crippen molar-refractivity contribution in [3.05, 3.63) is 47.0 Å². The number of esters is 3. The summed E-state index contributed by atoms with van der Waals surface area (Å²) < 4.78 is 56.0. The molecule has 0 aromatic heterocycles. The highest BCUT2D eigenvalue weighted by atomic mass is 32.2. The van der Waals surface area contributed by atoms with Crippen LogP contribution in [0, 0.1) is 23.7 Å². The van der Waals surface area contributed by atoms with Gasteiger partial charge in [-0.2, -0.15) is 0 Å². The minimum atomic E-state index is -1.97. The van der Waals surface area contributed by atoms with Crippen molar-refractivity contribution >= 4 is 35.0 Å². The van der Waals surface area contributed by atoms with E-state index in [1.165, 1.54) is 12.3 Å². The fraction of sp³-hybridized carbons (Fsp3) is 0.667. The molecule has 0 unspecified atom stereocenters. The van der Waals surface area contributed by atoms with Crippen LogP contribution in [0.3, 0.4) is 0 Å². The van der Waals surface area contributed by atoms with Crippen LogP contribution in [0.25, 0.3) is 0 Å². The smallest absolute Gasteiger partial charge is 0.367 e. The zero-order valence-corrected chi connectivity index (χ0v) is 32.0.